The molecule has 4 nitrogen and oxygen atoms in total. The maximum Gasteiger partial charge on any atom is 0.249 e. The molecule has 0 spiro atoms. The lowest BCUT2D eigenvalue weighted by Crippen LogP contribution is -1.86. The first-order valence-electron chi connectivity index (χ1n) is 4.58. The zero-order valence-corrected chi connectivity index (χ0v) is 9.19. The van der Waals surface area contributed by atoms with E-state index >= 15 is 0 Å². The molecule has 1 atom stereocenters. The highest BCUT2D eigenvalue weighted by Gasteiger charge is 2.13. The molecule has 0 N–H and O–H groups in total. The molecule has 15 heavy (non-hydrogen) atoms. The van der Waals surface area contributed by atoms with Crippen molar-refractivity contribution in [2.24, 2.45) is 0 Å². The van der Waals surface area contributed by atoms with E-state index in [0.717, 1.165) is 11.3 Å². The second kappa shape index (κ2) is 3.98. The highest BCUT2D eigenvalue weighted by atomic mass is 35.5. The number of aryl methyl sites for hydroxylation is 1. The fourth-order valence-corrected chi connectivity index (χ4v) is 1.30. The molecule has 2 rings (SSSR count). The molecule has 0 saturated carbocycles. The standard InChI is InChI=1S/C10H10ClN3O/c1-6(11)9-13-14-10(15-9)8-4-3-5-12-7(8)2/h3-6H,1-2H3. The third-order valence-electron chi connectivity index (χ3n) is 2.02. The third-order valence-corrected chi connectivity index (χ3v) is 2.20. The molecule has 0 amide bonds. The summed E-state index contributed by atoms with van der Waals surface area (Å²) >= 11 is 5.83. The number of hydrogen-bond donors (Lipinski definition) is 0. The molecule has 0 aliphatic carbocycles. The summed E-state index contributed by atoms with van der Waals surface area (Å²) in [4.78, 5) is 4.15. The van der Waals surface area contributed by atoms with Gasteiger partial charge in [0.1, 0.15) is 5.38 Å². The van der Waals surface area contributed by atoms with Gasteiger partial charge in [-0.05, 0) is 26.0 Å². The van der Waals surface area contributed by atoms with Crippen LogP contribution in [0.1, 0.15) is 23.9 Å². The number of halogens is 1. The van der Waals surface area contributed by atoms with Crippen LogP contribution < -0.4 is 0 Å². The molecule has 0 aromatic carbocycles. The monoisotopic (exact) mass is 223 g/mol. The van der Waals surface area contributed by atoms with Crippen molar-refractivity contribution in [2.75, 3.05) is 0 Å². The first kappa shape index (κ1) is 10.1. The minimum absolute atomic E-state index is 0.275. The molecule has 5 heteroatoms. The van der Waals surface area contributed by atoms with Gasteiger partial charge >= 0.3 is 0 Å². The number of aromatic nitrogens is 3. The summed E-state index contributed by atoms with van der Waals surface area (Å²) in [7, 11) is 0. The molecule has 2 aromatic rings. The van der Waals surface area contributed by atoms with Crippen LogP contribution in [-0.2, 0) is 0 Å². The molecule has 1 unspecified atom stereocenters. The Labute approximate surface area is 92.3 Å². The lowest BCUT2D eigenvalue weighted by molar-refractivity contribution is 0.506. The fourth-order valence-electron chi connectivity index (χ4n) is 1.21. The predicted octanol–water partition coefficient (Wildman–Crippen LogP) is 2.74. The quantitative estimate of drug-likeness (QED) is 0.735. The SMILES string of the molecule is Cc1ncccc1-c1nnc(C(C)Cl)o1. The smallest absolute Gasteiger partial charge is 0.249 e. The molecule has 2 aromatic heterocycles. The summed E-state index contributed by atoms with van der Waals surface area (Å²) in [5.74, 6) is 0.887. The van der Waals surface area contributed by atoms with Gasteiger partial charge < -0.3 is 4.42 Å². The molecule has 0 bridgehead atoms. The van der Waals surface area contributed by atoms with Crippen molar-refractivity contribution in [3.63, 3.8) is 0 Å². The zero-order valence-electron chi connectivity index (χ0n) is 8.44. The van der Waals surface area contributed by atoms with E-state index in [-0.39, 0.29) is 5.38 Å². The molecule has 78 valence electrons. The Morgan fingerprint density at radius 3 is 2.80 bits per heavy atom. The number of pyridine rings is 1. The van der Waals surface area contributed by atoms with Crippen LogP contribution in [-0.4, -0.2) is 15.2 Å². The maximum absolute atomic E-state index is 5.83. The van der Waals surface area contributed by atoms with Crippen LogP contribution in [0.2, 0.25) is 0 Å². The Hall–Kier alpha value is -1.42. The van der Waals surface area contributed by atoms with Crippen LogP contribution in [0.4, 0.5) is 0 Å². The largest absolute Gasteiger partial charge is 0.419 e. The summed E-state index contributed by atoms with van der Waals surface area (Å²) in [5.41, 5.74) is 1.70. The van der Waals surface area contributed by atoms with Gasteiger partial charge in [-0.3, -0.25) is 4.98 Å². The van der Waals surface area contributed by atoms with Crippen molar-refractivity contribution in [3.8, 4) is 11.5 Å². The van der Waals surface area contributed by atoms with E-state index in [4.69, 9.17) is 16.0 Å². The highest BCUT2D eigenvalue weighted by Crippen LogP contribution is 2.24. The maximum atomic E-state index is 5.83. The van der Waals surface area contributed by atoms with Crippen molar-refractivity contribution in [1.29, 1.82) is 0 Å². The summed E-state index contributed by atoms with van der Waals surface area (Å²) < 4.78 is 5.42. The lowest BCUT2D eigenvalue weighted by Gasteiger charge is -1.98. The van der Waals surface area contributed by atoms with Crippen LogP contribution in [0.5, 0.6) is 0 Å². The minimum Gasteiger partial charge on any atom is -0.419 e. The van der Waals surface area contributed by atoms with Gasteiger partial charge in [0.25, 0.3) is 0 Å². The van der Waals surface area contributed by atoms with Gasteiger partial charge in [-0.15, -0.1) is 21.8 Å². The summed E-state index contributed by atoms with van der Waals surface area (Å²) in [6.45, 7) is 3.68. The van der Waals surface area contributed by atoms with Gasteiger partial charge in [0, 0.05) is 11.9 Å². The Morgan fingerprint density at radius 1 is 1.40 bits per heavy atom. The van der Waals surface area contributed by atoms with Crippen molar-refractivity contribution in [3.05, 3.63) is 29.9 Å². The number of rotatable bonds is 2. The molecule has 0 aliphatic heterocycles. The second-order valence-electron chi connectivity index (χ2n) is 3.20. The van der Waals surface area contributed by atoms with Crippen LogP contribution >= 0.6 is 11.6 Å². The summed E-state index contributed by atoms with van der Waals surface area (Å²) in [6, 6.07) is 3.72. The molecule has 0 aliphatic rings. The van der Waals surface area contributed by atoms with E-state index in [9.17, 15) is 0 Å². The topological polar surface area (TPSA) is 51.8 Å². The third kappa shape index (κ3) is 1.99. The van der Waals surface area contributed by atoms with Gasteiger partial charge in [-0.25, -0.2) is 0 Å². The zero-order chi connectivity index (χ0) is 10.8. The van der Waals surface area contributed by atoms with Crippen LogP contribution in [0.25, 0.3) is 11.5 Å². The van der Waals surface area contributed by atoms with Gasteiger partial charge in [-0.2, -0.15) is 0 Å². The van der Waals surface area contributed by atoms with Gasteiger partial charge in [-0.1, -0.05) is 0 Å². The van der Waals surface area contributed by atoms with Crippen LogP contribution in [0, 0.1) is 6.92 Å². The van der Waals surface area contributed by atoms with E-state index in [2.05, 4.69) is 15.2 Å². The van der Waals surface area contributed by atoms with Crippen molar-refractivity contribution in [1.82, 2.24) is 15.2 Å². The average molecular weight is 224 g/mol. The van der Waals surface area contributed by atoms with E-state index in [1.54, 1.807) is 13.1 Å². The van der Waals surface area contributed by atoms with Crippen molar-refractivity contribution < 1.29 is 4.42 Å². The van der Waals surface area contributed by atoms with E-state index in [0.29, 0.717) is 11.8 Å². The second-order valence-corrected chi connectivity index (χ2v) is 3.85. The van der Waals surface area contributed by atoms with Crippen LogP contribution in [0.3, 0.4) is 0 Å². The van der Waals surface area contributed by atoms with Crippen molar-refractivity contribution >= 4 is 11.6 Å². The average Bonchev–Trinajstić information content (AvgIpc) is 2.67. The fraction of sp³-hybridized carbons (Fsp3) is 0.300. The summed E-state index contributed by atoms with van der Waals surface area (Å²) in [5, 5.41) is 7.51. The highest BCUT2D eigenvalue weighted by molar-refractivity contribution is 6.20. The first-order chi connectivity index (χ1) is 7.18. The lowest BCUT2D eigenvalue weighted by atomic mass is 10.2. The predicted molar refractivity (Wildman–Crippen MR) is 56.5 cm³/mol. The summed E-state index contributed by atoms with van der Waals surface area (Å²) in [6.07, 6.45) is 1.72. The molecular formula is C10H10ClN3O. The van der Waals surface area contributed by atoms with E-state index in [1.807, 2.05) is 19.1 Å². The first-order valence-corrected chi connectivity index (χ1v) is 5.01. The normalized spacial score (nSPS) is 12.7. The molecule has 2 heterocycles. The van der Waals surface area contributed by atoms with Gasteiger partial charge in [0.05, 0.1) is 5.56 Å². The Balaban J connectivity index is 2.42. The Bertz CT molecular complexity index is 467. The van der Waals surface area contributed by atoms with E-state index < -0.39 is 0 Å². The molecule has 0 fully saturated rings. The Kier molecular flexibility index (Phi) is 2.68. The minimum atomic E-state index is -0.275. The Morgan fingerprint density at radius 2 is 2.20 bits per heavy atom. The van der Waals surface area contributed by atoms with Gasteiger partial charge in [0.2, 0.25) is 11.8 Å². The van der Waals surface area contributed by atoms with Crippen molar-refractivity contribution in [2.45, 2.75) is 19.2 Å². The van der Waals surface area contributed by atoms with E-state index in [1.165, 1.54) is 0 Å². The van der Waals surface area contributed by atoms with Gasteiger partial charge in [0.15, 0.2) is 0 Å². The molecule has 0 saturated heterocycles. The number of alkyl halides is 1. The molecular weight excluding hydrogens is 214 g/mol. The van der Waals surface area contributed by atoms with Crippen LogP contribution in [0.15, 0.2) is 22.7 Å². The number of hydrogen-bond acceptors (Lipinski definition) is 4. The number of nitrogens with zero attached hydrogens (tertiary/aromatic N) is 3. The molecule has 0 radical (unpaired) electrons.